The van der Waals surface area contributed by atoms with Gasteiger partial charge in [0.25, 0.3) is 0 Å². The lowest BCUT2D eigenvalue weighted by molar-refractivity contribution is -0.113. The van der Waals surface area contributed by atoms with E-state index in [1.54, 1.807) is 0 Å². The van der Waals surface area contributed by atoms with Gasteiger partial charge in [0.05, 0.1) is 0 Å². The number of benzene rings is 2. The summed E-state index contributed by atoms with van der Waals surface area (Å²) in [5.41, 5.74) is 0. The molecule has 0 aliphatic carbocycles. The van der Waals surface area contributed by atoms with E-state index in [0.29, 0.717) is 0 Å². The number of carbonyl (C=O) groups excluding carboxylic acids is 1. The summed E-state index contributed by atoms with van der Waals surface area (Å²) >= 11 is 1.30. The first kappa shape index (κ1) is 14.7. The van der Waals surface area contributed by atoms with Gasteiger partial charge < -0.3 is 4.74 Å². The van der Waals surface area contributed by atoms with E-state index in [2.05, 4.69) is 0 Å². The van der Waals surface area contributed by atoms with Gasteiger partial charge in [0.15, 0.2) is 5.12 Å². The number of hydrogen-bond acceptors (Lipinski definition) is 3. The Morgan fingerprint density at radius 1 is 1.05 bits per heavy atom. The molecule has 2 aromatic rings. The molecule has 2 rings (SSSR count). The molecular formula is C17H18O2S. The van der Waals surface area contributed by atoms with E-state index in [9.17, 15) is 4.79 Å². The Kier molecular flexibility index (Phi) is 5.24. The van der Waals surface area contributed by atoms with Gasteiger partial charge in [-0.15, -0.1) is 0 Å². The molecule has 0 fully saturated rings. The molecule has 104 valence electrons. The molecule has 0 saturated heterocycles. The fourth-order valence-corrected chi connectivity index (χ4v) is 2.46. The van der Waals surface area contributed by atoms with E-state index in [0.717, 1.165) is 22.8 Å². The maximum Gasteiger partial charge on any atom is 0.196 e. The topological polar surface area (TPSA) is 26.3 Å². The second-order valence-corrected chi connectivity index (χ2v) is 5.69. The van der Waals surface area contributed by atoms with Crippen LogP contribution in [0.4, 0.5) is 0 Å². The van der Waals surface area contributed by atoms with Crippen LogP contribution in [-0.2, 0) is 4.79 Å². The predicted octanol–water partition coefficient (Wildman–Crippen LogP) is 5.14. The molecule has 0 N–H and O–H groups in total. The number of thioether (sulfide) groups is 1. The lowest BCUT2D eigenvalue weighted by atomic mass is 10.1. The van der Waals surface area contributed by atoms with Crippen LogP contribution in [0.2, 0.25) is 0 Å². The maximum absolute atomic E-state index is 11.9. The van der Waals surface area contributed by atoms with Crippen LogP contribution in [0, 0.1) is 5.92 Å². The SMILES string of the molecule is CCC(C)C(=O)Sc1ccc(Oc2ccccc2)cc1. The summed E-state index contributed by atoms with van der Waals surface area (Å²) in [5, 5.41) is 0.212. The molecule has 0 heterocycles. The van der Waals surface area contributed by atoms with Gasteiger partial charge in [-0.25, -0.2) is 0 Å². The minimum Gasteiger partial charge on any atom is -0.457 e. The smallest absolute Gasteiger partial charge is 0.196 e. The van der Waals surface area contributed by atoms with E-state index in [1.807, 2.05) is 68.4 Å². The fraction of sp³-hybridized carbons (Fsp3) is 0.235. The molecule has 1 atom stereocenters. The molecule has 1 unspecified atom stereocenters. The first-order valence-electron chi connectivity index (χ1n) is 6.73. The minimum atomic E-state index is 0.0974. The van der Waals surface area contributed by atoms with Gasteiger partial charge in [-0.05, 0) is 42.8 Å². The van der Waals surface area contributed by atoms with E-state index < -0.39 is 0 Å². The highest BCUT2D eigenvalue weighted by molar-refractivity contribution is 8.13. The molecule has 20 heavy (non-hydrogen) atoms. The number of ether oxygens (including phenoxy) is 1. The van der Waals surface area contributed by atoms with E-state index in [1.165, 1.54) is 11.8 Å². The van der Waals surface area contributed by atoms with Gasteiger partial charge in [-0.3, -0.25) is 4.79 Å². The van der Waals surface area contributed by atoms with Crippen molar-refractivity contribution in [3.8, 4) is 11.5 Å². The average molecular weight is 286 g/mol. The van der Waals surface area contributed by atoms with Crippen molar-refractivity contribution < 1.29 is 9.53 Å². The van der Waals surface area contributed by atoms with Crippen molar-refractivity contribution in [3.63, 3.8) is 0 Å². The molecule has 2 aromatic carbocycles. The van der Waals surface area contributed by atoms with Crippen LogP contribution in [0.3, 0.4) is 0 Å². The van der Waals surface area contributed by atoms with Crippen molar-refractivity contribution in [2.24, 2.45) is 5.92 Å². The third kappa shape index (κ3) is 4.14. The Balaban J connectivity index is 1.98. The van der Waals surface area contributed by atoms with Crippen LogP contribution in [0.25, 0.3) is 0 Å². The summed E-state index contributed by atoms with van der Waals surface area (Å²) < 4.78 is 5.71. The molecule has 2 nitrogen and oxygen atoms in total. The highest BCUT2D eigenvalue weighted by Gasteiger charge is 2.12. The molecule has 0 aliphatic rings. The van der Waals surface area contributed by atoms with Gasteiger partial charge in [-0.2, -0.15) is 0 Å². The zero-order valence-electron chi connectivity index (χ0n) is 11.7. The molecular weight excluding hydrogens is 268 g/mol. The standard InChI is InChI=1S/C17H18O2S/c1-3-13(2)17(18)20-16-11-9-15(10-12-16)19-14-7-5-4-6-8-14/h4-13H,3H2,1-2H3. The van der Waals surface area contributed by atoms with Crippen molar-refractivity contribution in [2.45, 2.75) is 25.2 Å². The summed E-state index contributed by atoms with van der Waals surface area (Å²) in [6.07, 6.45) is 0.876. The van der Waals surface area contributed by atoms with Gasteiger partial charge in [-0.1, -0.05) is 43.8 Å². The number of carbonyl (C=O) groups is 1. The third-order valence-electron chi connectivity index (χ3n) is 3.04. The Labute approximate surface area is 124 Å². The van der Waals surface area contributed by atoms with Crippen LogP contribution >= 0.6 is 11.8 Å². The highest BCUT2D eigenvalue weighted by Crippen LogP contribution is 2.27. The van der Waals surface area contributed by atoms with Gasteiger partial charge in [0.2, 0.25) is 0 Å². The number of hydrogen-bond donors (Lipinski definition) is 0. The first-order valence-corrected chi connectivity index (χ1v) is 7.55. The van der Waals surface area contributed by atoms with Gasteiger partial charge in [0, 0.05) is 10.8 Å². The summed E-state index contributed by atoms with van der Waals surface area (Å²) in [6.45, 7) is 3.99. The monoisotopic (exact) mass is 286 g/mol. The Morgan fingerprint density at radius 2 is 1.65 bits per heavy atom. The number of rotatable bonds is 5. The normalized spacial score (nSPS) is 11.9. The Morgan fingerprint density at radius 3 is 2.25 bits per heavy atom. The molecule has 0 amide bonds. The summed E-state index contributed by atoms with van der Waals surface area (Å²) in [6, 6.07) is 17.3. The summed E-state index contributed by atoms with van der Waals surface area (Å²) in [4.78, 5) is 12.8. The molecule has 0 spiro atoms. The summed E-state index contributed by atoms with van der Waals surface area (Å²) in [5.74, 6) is 1.68. The lowest BCUT2D eigenvalue weighted by Crippen LogP contribution is -2.04. The molecule has 0 aromatic heterocycles. The third-order valence-corrected chi connectivity index (χ3v) is 4.15. The second kappa shape index (κ2) is 7.15. The predicted molar refractivity (Wildman–Crippen MR) is 83.3 cm³/mol. The fourth-order valence-electron chi connectivity index (χ4n) is 1.58. The van der Waals surface area contributed by atoms with Crippen LogP contribution in [0.1, 0.15) is 20.3 Å². The van der Waals surface area contributed by atoms with Crippen molar-refractivity contribution in [3.05, 3.63) is 54.6 Å². The largest absolute Gasteiger partial charge is 0.457 e. The zero-order valence-corrected chi connectivity index (χ0v) is 12.5. The first-order chi connectivity index (χ1) is 9.69. The quantitative estimate of drug-likeness (QED) is 0.711. The average Bonchev–Trinajstić information content (AvgIpc) is 2.49. The number of para-hydroxylation sites is 1. The van der Waals surface area contributed by atoms with Crippen LogP contribution in [0.5, 0.6) is 11.5 Å². The van der Waals surface area contributed by atoms with Gasteiger partial charge in [0.1, 0.15) is 11.5 Å². The Bertz CT molecular complexity index is 549. The minimum absolute atomic E-state index is 0.0974. The van der Waals surface area contributed by atoms with Crippen LogP contribution < -0.4 is 4.74 Å². The van der Waals surface area contributed by atoms with E-state index in [-0.39, 0.29) is 11.0 Å². The molecule has 0 radical (unpaired) electrons. The maximum atomic E-state index is 11.9. The molecule has 0 saturated carbocycles. The highest BCUT2D eigenvalue weighted by atomic mass is 32.2. The van der Waals surface area contributed by atoms with E-state index >= 15 is 0 Å². The van der Waals surface area contributed by atoms with Crippen LogP contribution in [0.15, 0.2) is 59.5 Å². The molecule has 0 aliphatic heterocycles. The van der Waals surface area contributed by atoms with E-state index in [4.69, 9.17) is 4.74 Å². The van der Waals surface area contributed by atoms with Crippen molar-refractivity contribution in [1.29, 1.82) is 0 Å². The zero-order chi connectivity index (χ0) is 14.4. The molecule has 0 bridgehead atoms. The van der Waals surface area contributed by atoms with Crippen molar-refractivity contribution in [2.75, 3.05) is 0 Å². The second-order valence-electron chi connectivity index (χ2n) is 4.62. The van der Waals surface area contributed by atoms with Crippen molar-refractivity contribution >= 4 is 16.9 Å². The Hall–Kier alpha value is -1.74. The summed E-state index contributed by atoms with van der Waals surface area (Å²) in [7, 11) is 0. The van der Waals surface area contributed by atoms with Gasteiger partial charge >= 0.3 is 0 Å². The lowest BCUT2D eigenvalue weighted by Gasteiger charge is -2.08. The van der Waals surface area contributed by atoms with Crippen LogP contribution in [-0.4, -0.2) is 5.12 Å². The molecule has 3 heteroatoms. The van der Waals surface area contributed by atoms with Crippen molar-refractivity contribution in [1.82, 2.24) is 0 Å².